The number of rotatable bonds is 2. The maximum Gasteiger partial charge on any atom is 0.248 e. The van der Waals surface area contributed by atoms with Crippen LogP contribution in [0.2, 0.25) is 0 Å². The Morgan fingerprint density at radius 2 is 2.05 bits per heavy atom. The molecule has 4 rings (SSSR count). The first-order chi connectivity index (χ1) is 10.6. The first-order valence-electron chi connectivity index (χ1n) is 6.91. The molecule has 0 fully saturated rings. The molecule has 0 atom stereocenters. The SMILES string of the molecule is Cc1[nH]c2ccccc2c1-c1nc2cc(C(N)=O)ccc2o1. The molecule has 5 nitrogen and oxygen atoms in total. The largest absolute Gasteiger partial charge is 0.436 e. The summed E-state index contributed by atoms with van der Waals surface area (Å²) in [6.45, 7) is 1.99. The average Bonchev–Trinajstić information content (AvgIpc) is 3.05. The van der Waals surface area contributed by atoms with Gasteiger partial charge in [-0.2, -0.15) is 0 Å². The third-order valence-corrected chi connectivity index (χ3v) is 3.78. The summed E-state index contributed by atoms with van der Waals surface area (Å²) in [6.07, 6.45) is 0. The molecular weight excluding hydrogens is 278 g/mol. The van der Waals surface area contributed by atoms with E-state index in [2.05, 4.69) is 9.97 Å². The van der Waals surface area contributed by atoms with Crippen molar-refractivity contribution in [3.63, 3.8) is 0 Å². The van der Waals surface area contributed by atoms with Crippen molar-refractivity contribution in [2.45, 2.75) is 6.92 Å². The summed E-state index contributed by atoms with van der Waals surface area (Å²) in [7, 11) is 0. The summed E-state index contributed by atoms with van der Waals surface area (Å²) in [6, 6.07) is 13.0. The number of aryl methyl sites for hydroxylation is 1. The molecule has 22 heavy (non-hydrogen) atoms. The van der Waals surface area contributed by atoms with Gasteiger partial charge >= 0.3 is 0 Å². The van der Waals surface area contributed by atoms with Crippen LogP contribution in [0.5, 0.6) is 0 Å². The number of hydrogen-bond donors (Lipinski definition) is 2. The lowest BCUT2D eigenvalue weighted by Gasteiger charge is -1.94. The number of para-hydroxylation sites is 1. The van der Waals surface area contributed by atoms with E-state index in [4.69, 9.17) is 10.2 Å². The molecule has 4 aromatic rings. The lowest BCUT2D eigenvalue weighted by atomic mass is 10.1. The number of aromatic nitrogens is 2. The van der Waals surface area contributed by atoms with E-state index in [-0.39, 0.29) is 0 Å². The quantitative estimate of drug-likeness (QED) is 0.593. The molecule has 108 valence electrons. The fourth-order valence-electron chi connectivity index (χ4n) is 2.74. The molecule has 0 saturated heterocycles. The van der Waals surface area contributed by atoms with Gasteiger partial charge in [-0.3, -0.25) is 4.79 Å². The van der Waals surface area contributed by atoms with Crippen LogP contribution in [0.1, 0.15) is 16.1 Å². The second-order valence-corrected chi connectivity index (χ2v) is 5.24. The Kier molecular flexibility index (Phi) is 2.56. The molecular formula is C17H13N3O2. The first kappa shape index (κ1) is 12.6. The second kappa shape index (κ2) is 4.46. The molecule has 2 aromatic heterocycles. The van der Waals surface area contributed by atoms with Crippen LogP contribution in [0.4, 0.5) is 0 Å². The fraction of sp³-hybridized carbons (Fsp3) is 0.0588. The van der Waals surface area contributed by atoms with Gasteiger partial charge in [-0.1, -0.05) is 18.2 Å². The summed E-state index contributed by atoms with van der Waals surface area (Å²) in [5, 5.41) is 1.06. The van der Waals surface area contributed by atoms with Gasteiger partial charge in [0, 0.05) is 22.2 Å². The van der Waals surface area contributed by atoms with Gasteiger partial charge in [0.2, 0.25) is 11.8 Å². The highest BCUT2D eigenvalue weighted by Gasteiger charge is 2.16. The van der Waals surface area contributed by atoms with E-state index in [0.29, 0.717) is 22.6 Å². The van der Waals surface area contributed by atoms with E-state index in [1.807, 2.05) is 31.2 Å². The molecule has 0 saturated carbocycles. The van der Waals surface area contributed by atoms with E-state index < -0.39 is 5.91 Å². The standard InChI is InChI=1S/C17H13N3O2/c1-9-15(11-4-2-3-5-12(11)19-9)17-20-13-8-10(16(18)21)6-7-14(13)22-17/h2-8,19H,1H3,(H2,18,21). The number of benzene rings is 2. The van der Waals surface area contributed by atoms with Gasteiger partial charge in [-0.05, 0) is 31.2 Å². The van der Waals surface area contributed by atoms with Crippen LogP contribution in [-0.4, -0.2) is 15.9 Å². The Morgan fingerprint density at radius 3 is 2.86 bits per heavy atom. The minimum atomic E-state index is -0.477. The zero-order valence-corrected chi connectivity index (χ0v) is 11.9. The normalized spacial score (nSPS) is 11.3. The van der Waals surface area contributed by atoms with Crippen LogP contribution >= 0.6 is 0 Å². The molecule has 0 unspecified atom stereocenters. The van der Waals surface area contributed by atoms with Crippen molar-refractivity contribution in [2.24, 2.45) is 5.73 Å². The van der Waals surface area contributed by atoms with Gasteiger partial charge in [-0.15, -0.1) is 0 Å². The second-order valence-electron chi connectivity index (χ2n) is 5.24. The number of H-pyrrole nitrogens is 1. The van der Waals surface area contributed by atoms with E-state index in [1.54, 1.807) is 18.2 Å². The van der Waals surface area contributed by atoms with Crippen molar-refractivity contribution >= 4 is 27.9 Å². The summed E-state index contributed by atoms with van der Waals surface area (Å²) in [5.74, 6) is 0.0568. The Bertz CT molecular complexity index is 1030. The molecule has 1 amide bonds. The van der Waals surface area contributed by atoms with Crippen LogP contribution in [0.3, 0.4) is 0 Å². The van der Waals surface area contributed by atoms with Crippen LogP contribution in [0.15, 0.2) is 46.9 Å². The van der Waals surface area contributed by atoms with E-state index >= 15 is 0 Å². The Morgan fingerprint density at radius 1 is 1.23 bits per heavy atom. The van der Waals surface area contributed by atoms with Gasteiger partial charge in [-0.25, -0.2) is 4.98 Å². The van der Waals surface area contributed by atoms with Gasteiger partial charge in [0.15, 0.2) is 5.58 Å². The average molecular weight is 291 g/mol. The van der Waals surface area contributed by atoms with E-state index in [0.717, 1.165) is 22.2 Å². The van der Waals surface area contributed by atoms with E-state index in [9.17, 15) is 4.79 Å². The van der Waals surface area contributed by atoms with Crippen molar-refractivity contribution in [2.75, 3.05) is 0 Å². The topological polar surface area (TPSA) is 84.9 Å². The van der Waals surface area contributed by atoms with Crippen molar-refractivity contribution in [3.05, 3.63) is 53.7 Å². The molecule has 0 aliphatic carbocycles. The number of carbonyl (C=O) groups excluding carboxylic acids is 1. The molecule has 0 radical (unpaired) electrons. The number of amides is 1. The van der Waals surface area contributed by atoms with Crippen LogP contribution in [0, 0.1) is 6.92 Å². The number of nitrogens with zero attached hydrogens (tertiary/aromatic N) is 1. The number of hydrogen-bond acceptors (Lipinski definition) is 3. The number of primary amides is 1. The Labute approximate surface area is 125 Å². The third kappa shape index (κ3) is 1.79. The third-order valence-electron chi connectivity index (χ3n) is 3.78. The molecule has 0 aliphatic rings. The van der Waals surface area contributed by atoms with Crippen molar-refractivity contribution in [3.8, 4) is 11.5 Å². The molecule has 0 aliphatic heterocycles. The molecule has 0 spiro atoms. The fourth-order valence-corrected chi connectivity index (χ4v) is 2.74. The van der Waals surface area contributed by atoms with Crippen molar-refractivity contribution in [1.29, 1.82) is 0 Å². The predicted octanol–water partition coefficient (Wildman–Crippen LogP) is 3.38. The number of fused-ring (bicyclic) bond motifs is 2. The highest BCUT2D eigenvalue weighted by atomic mass is 16.3. The Hall–Kier alpha value is -3.08. The molecule has 2 heterocycles. The summed E-state index contributed by atoms with van der Waals surface area (Å²) < 4.78 is 5.85. The smallest absolute Gasteiger partial charge is 0.248 e. The van der Waals surface area contributed by atoms with Crippen LogP contribution < -0.4 is 5.73 Å². The molecule has 3 N–H and O–H groups in total. The molecule has 0 bridgehead atoms. The van der Waals surface area contributed by atoms with Crippen molar-refractivity contribution < 1.29 is 9.21 Å². The van der Waals surface area contributed by atoms with Crippen LogP contribution in [0.25, 0.3) is 33.5 Å². The number of nitrogens with two attached hydrogens (primary N) is 1. The van der Waals surface area contributed by atoms with E-state index in [1.165, 1.54) is 0 Å². The molecule has 5 heteroatoms. The van der Waals surface area contributed by atoms with Gasteiger partial charge in [0.25, 0.3) is 0 Å². The lowest BCUT2D eigenvalue weighted by molar-refractivity contribution is 0.100. The van der Waals surface area contributed by atoms with Gasteiger partial charge < -0.3 is 15.1 Å². The molecule has 2 aromatic carbocycles. The minimum absolute atomic E-state index is 0.419. The highest BCUT2D eigenvalue weighted by Crippen LogP contribution is 2.33. The summed E-state index contributed by atoms with van der Waals surface area (Å²) in [5.41, 5.74) is 9.94. The van der Waals surface area contributed by atoms with Gasteiger partial charge in [0.05, 0.1) is 5.56 Å². The van der Waals surface area contributed by atoms with Gasteiger partial charge in [0.1, 0.15) is 5.52 Å². The lowest BCUT2D eigenvalue weighted by Crippen LogP contribution is -2.10. The monoisotopic (exact) mass is 291 g/mol. The summed E-state index contributed by atoms with van der Waals surface area (Å²) in [4.78, 5) is 19.1. The maximum absolute atomic E-state index is 11.3. The first-order valence-corrected chi connectivity index (χ1v) is 6.91. The zero-order chi connectivity index (χ0) is 15.3. The summed E-state index contributed by atoms with van der Waals surface area (Å²) >= 11 is 0. The highest BCUT2D eigenvalue weighted by molar-refractivity contribution is 5.98. The predicted molar refractivity (Wildman–Crippen MR) is 84.6 cm³/mol. The van der Waals surface area contributed by atoms with Crippen molar-refractivity contribution in [1.82, 2.24) is 9.97 Å². The number of carbonyl (C=O) groups is 1. The number of aromatic amines is 1. The maximum atomic E-state index is 11.3. The van der Waals surface area contributed by atoms with Crippen LogP contribution in [-0.2, 0) is 0 Å². The Balaban J connectivity index is 1.96. The number of oxazole rings is 1. The number of nitrogens with one attached hydrogen (secondary N) is 1. The zero-order valence-electron chi connectivity index (χ0n) is 11.9. The minimum Gasteiger partial charge on any atom is -0.436 e.